The van der Waals surface area contributed by atoms with Gasteiger partial charge in [0, 0.05) is 0 Å². The molecular formula is C30H39N3O4Sn. The van der Waals surface area contributed by atoms with Gasteiger partial charge < -0.3 is 0 Å². The van der Waals surface area contributed by atoms with Gasteiger partial charge in [-0.2, -0.15) is 0 Å². The molecule has 0 spiro atoms. The number of nitro benzene ring substituents is 2. The molecule has 0 unspecified atom stereocenters. The summed E-state index contributed by atoms with van der Waals surface area (Å²) in [7, 11) is 0. The molecule has 38 heavy (non-hydrogen) atoms. The van der Waals surface area contributed by atoms with E-state index in [0.29, 0.717) is 0 Å². The molecule has 0 saturated heterocycles. The Balaban J connectivity index is 2.06. The van der Waals surface area contributed by atoms with E-state index in [0.717, 1.165) is 17.1 Å². The molecule has 0 saturated carbocycles. The van der Waals surface area contributed by atoms with E-state index in [9.17, 15) is 20.2 Å². The molecule has 0 heterocycles. The second-order valence-electron chi connectivity index (χ2n) is 10.0. The Bertz CT molecular complexity index is 1100. The fourth-order valence-corrected chi connectivity index (χ4v) is 21.1. The van der Waals surface area contributed by atoms with Crippen molar-refractivity contribution >= 4 is 50.4 Å². The molecule has 0 fully saturated rings. The molecule has 3 aromatic carbocycles. The summed E-state index contributed by atoms with van der Waals surface area (Å²) in [6.45, 7) is 6.85. The number of unbranched alkanes of at least 4 members (excludes halogenated alkanes) is 3. The summed E-state index contributed by atoms with van der Waals surface area (Å²) in [5, 5.41) is 22.4. The van der Waals surface area contributed by atoms with E-state index in [-0.39, 0.29) is 11.4 Å². The maximum absolute atomic E-state index is 11.2. The SMILES string of the molecule is CCC[CH2][Sn]([CH2]CCC)([CH2]CCC)[c]1ccc(N(c2ccc([N+](=O)[O-])cc2)c2ccc([N+](=O)[O-])cc2)cc1. The van der Waals surface area contributed by atoms with E-state index < -0.39 is 28.2 Å². The van der Waals surface area contributed by atoms with Gasteiger partial charge in [-0.15, -0.1) is 0 Å². The van der Waals surface area contributed by atoms with E-state index >= 15 is 0 Å². The summed E-state index contributed by atoms with van der Waals surface area (Å²) in [6, 6.07) is 21.8. The van der Waals surface area contributed by atoms with Crippen molar-refractivity contribution < 1.29 is 9.85 Å². The van der Waals surface area contributed by atoms with Crippen molar-refractivity contribution in [1.82, 2.24) is 0 Å². The van der Waals surface area contributed by atoms with Crippen LogP contribution in [0.1, 0.15) is 59.3 Å². The minimum atomic E-state index is -2.59. The van der Waals surface area contributed by atoms with Crippen LogP contribution in [0.5, 0.6) is 0 Å². The third kappa shape index (κ3) is 7.34. The van der Waals surface area contributed by atoms with Crippen LogP contribution in [0.25, 0.3) is 0 Å². The van der Waals surface area contributed by atoms with Crippen molar-refractivity contribution in [3.63, 3.8) is 0 Å². The van der Waals surface area contributed by atoms with Gasteiger partial charge in [-0.25, -0.2) is 0 Å². The topological polar surface area (TPSA) is 89.5 Å². The van der Waals surface area contributed by atoms with E-state index in [2.05, 4.69) is 45.0 Å². The Morgan fingerprint density at radius 1 is 0.579 bits per heavy atom. The number of non-ortho nitro benzene ring substituents is 2. The van der Waals surface area contributed by atoms with Crippen molar-refractivity contribution in [2.45, 2.75) is 72.6 Å². The van der Waals surface area contributed by atoms with Crippen LogP contribution in [0.4, 0.5) is 28.4 Å². The second-order valence-corrected chi connectivity index (χ2v) is 23.3. The van der Waals surface area contributed by atoms with Gasteiger partial charge in [0.25, 0.3) is 0 Å². The van der Waals surface area contributed by atoms with Crippen molar-refractivity contribution in [2.75, 3.05) is 4.90 Å². The average molecular weight is 624 g/mol. The molecule has 0 aliphatic rings. The van der Waals surface area contributed by atoms with Gasteiger partial charge in [0.2, 0.25) is 0 Å². The van der Waals surface area contributed by atoms with Gasteiger partial charge >= 0.3 is 231 Å². The normalized spacial score (nSPS) is 11.3. The molecule has 8 heteroatoms. The van der Waals surface area contributed by atoms with E-state index in [1.54, 1.807) is 27.8 Å². The van der Waals surface area contributed by atoms with Crippen LogP contribution in [0.3, 0.4) is 0 Å². The standard InChI is InChI=1S/C18H12N3O4.3C4H9.Sn/c22-20(23)17-10-6-15(7-11-17)19(14-4-2-1-3-5-14)16-8-12-18(13-9-16)21(24)25;3*1-3-4-2;/h2-13H;3*1,3-4H2,2H3;. The van der Waals surface area contributed by atoms with Crippen molar-refractivity contribution in [2.24, 2.45) is 0 Å². The molecule has 0 radical (unpaired) electrons. The van der Waals surface area contributed by atoms with Crippen molar-refractivity contribution in [3.05, 3.63) is 93.0 Å². The first-order chi connectivity index (χ1) is 18.3. The molecule has 0 amide bonds. The summed E-state index contributed by atoms with van der Waals surface area (Å²) >= 11 is -2.59. The van der Waals surface area contributed by atoms with Gasteiger partial charge in [0.1, 0.15) is 0 Å². The second kappa shape index (κ2) is 14.3. The van der Waals surface area contributed by atoms with Crippen LogP contribution in [-0.4, -0.2) is 28.2 Å². The van der Waals surface area contributed by atoms with Gasteiger partial charge in [0.05, 0.1) is 0 Å². The molecule has 0 aliphatic heterocycles. The third-order valence-corrected chi connectivity index (χ3v) is 23.1. The Hall–Kier alpha value is -2.94. The summed E-state index contributed by atoms with van der Waals surface area (Å²) in [6.07, 6.45) is 7.56. The van der Waals surface area contributed by atoms with Crippen LogP contribution in [0.15, 0.2) is 72.8 Å². The van der Waals surface area contributed by atoms with Crippen molar-refractivity contribution in [3.8, 4) is 0 Å². The van der Waals surface area contributed by atoms with Gasteiger partial charge in [-0.05, 0) is 0 Å². The summed E-state index contributed by atoms with van der Waals surface area (Å²) in [4.78, 5) is 23.6. The number of nitro groups is 2. The monoisotopic (exact) mass is 625 g/mol. The number of anilines is 3. The summed E-state index contributed by atoms with van der Waals surface area (Å²) in [5.41, 5.74) is 2.49. The minimum absolute atomic E-state index is 0.0226. The van der Waals surface area contributed by atoms with E-state index in [1.165, 1.54) is 76.1 Å². The molecule has 0 N–H and O–H groups in total. The van der Waals surface area contributed by atoms with Crippen molar-refractivity contribution in [1.29, 1.82) is 0 Å². The fraction of sp³-hybridized carbons (Fsp3) is 0.400. The molecule has 3 rings (SSSR count). The van der Waals surface area contributed by atoms with Crippen LogP contribution in [0.2, 0.25) is 13.3 Å². The van der Waals surface area contributed by atoms with Crippen LogP contribution in [0, 0.1) is 20.2 Å². The van der Waals surface area contributed by atoms with Crippen LogP contribution >= 0.6 is 0 Å². The molecule has 202 valence electrons. The number of hydrogen-bond acceptors (Lipinski definition) is 5. The Labute approximate surface area is 230 Å². The Morgan fingerprint density at radius 2 is 0.895 bits per heavy atom. The average Bonchev–Trinajstić information content (AvgIpc) is 2.94. The third-order valence-electron chi connectivity index (χ3n) is 7.40. The molecule has 0 aromatic heterocycles. The quantitative estimate of drug-likeness (QED) is 0.0957. The zero-order valence-electron chi connectivity index (χ0n) is 22.8. The summed E-state index contributed by atoms with van der Waals surface area (Å²) < 4.78 is 5.74. The molecule has 0 aliphatic carbocycles. The first kappa shape index (κ1) is 29.6. The number of hydrogen-bond donors (Lipinski definition) is 0. The Morgan fingerprint density at radius 3 is 1.18 bits per heavy atom. The molecule has 7 nitrogen and oxygen atoms in total. The van der Waals surface area contributed by atoms with Gasteiger partial charge in [-0.1, -0.05) is 0 Å². The number of nitrogens with zero attached hydrogens (tertiary/aromatic N) is 3. The van der Waals surface area contributed by atoms with Crippen LogP contribution < -0.4 is 8.48 Å². The zero-order valence-corrected chi connectivity index (χ0v) is 25.6. The molecule has 0 atom stereocenters. The maximum atomic E-state index is 11.2. The fourth-order valence-electron chi connectivity index (χ4n) is 5.21. The predicted octanol–water partition coefficient (Wildman–Crippen LogP) is 9.03. The van der Waals surface area contributed by atoms with Gasteiger partial charge in [-0.3, -0.25) is 0 Å². The van der Waals surface area contributed by atoms with E-state index in [1.807, 2.05) is 4.90 Å². The van der Waals surface area contributed by atoms with E-state index in [4.69, 9.17) is 0 Å². The molecule has 3 aromatic rings. The Kier molecular flexibility index (Phi) is 11.1. The number of benzene rings is 3. The zero-order chi connectivity index (χ0) is 27.5. The first-order valence-corrected chi connectivity index (χ1v) is 21.2. The van der Waals surface area contributed by atoms with Crippen LogP contribution in [-0.2, 0) is 0 Å². The molecule has 0 bridgehead atoms. The molecular weight excluding hydrogens is 585 g/mol. The first-order valence-electron chi connectivity index (χ1n) is 13.7. The number of rotatable bonds is 15. The summed E-state index contributed by atoms with van der Waals surface area (Å²) in [5.74, 6) is 0. The van der Waals surface area contributed by atoms with Gasteiger partial charge in [0.15, 0.2) is 0 Å². The predicted molar refractivity (Wildman–Crippen MR) is 159 cm³/mol.